The number of fused-ring (bicyclic) bond motifs is 1. The molecule has 1 unspecified atom stereocenters. The van der Waals surface area contributed by atoms with E-state index in [2.05, 4.69) is 10.3 Å². The molecular formula is C19H19N3O4. The average Bonchev–Trinajstić information content (AvgIpc) is 2.65. The second-order valence-corrected chi connectivity index (χ2v) is 5.89. The maximum absolute atomic E-state index is 12.5. The summed E-state index contributed by atoms with van der Waals surface area (Å²) in [5.74, 6) is 0.328. The third-order valence-corrected chi connectivity index (χ3v) is 4.19. The molecule has 1 aromatic heterocycles. The molecule has 7 heteroatoms. The number of hydrogen-bond donors (Lipinski definition) is 2. The molecule has 1 heterocycles. The number of methoxy groups -OCH3 is 1. The van der Waals surface area contributed by atoms with Crippen LogP contribution in [-0.2, 0) is 11.3 Å². The highest BCUT2D eigenvalue weighted by atomic mass is 16.5. The van der Waals surface area contributed by atoms with Crippen molar-refractivity contribution in [3.05, 3.63) is 74.9 Å². The van der Waals surface area contributed by atoms with Crippen molar-refractivity contribution >= 4 is 16.8 Å². The number of benzene rings is 2. The molecule has 1 amide bonds. The first-order chi connectivity index (χ1) is 12.5. The zero-order chi connectivity index (χ0) is 18.7. The van der Waals surface area contributed by atoms with Crippen molar-refractivity contribution in [2.75, 3.05) is 7.11 Å². The van der Waals surface area contributed by atoms with Crippen LogP contribution in [0.3, 0.4) is 0 Å². The van der Waals surface area contributed by atoms with Gasteiger partial charge in [-0.3, -0.25) is 19.1 Å². The lowest BCUT2D eigenvalue weighted by Gasteiger charge is -2.18. The number of nitrogens with zero attached hydrogens (tertiary/aromatic N) is 1. The molecular weight excluding hydrogens is 334 g/mol. The van der Waals surface area contributed by atoms with Gasteiger partial charge in [-0.2, -0.15) is 0 Å². The molecule has 0 bridgehead atoms. The van der Waals surface area contributed by atoms with Gasteiger partial charge in [0.25, 0.3) is 5.56 Å². The Labute approximate surface area is 149 Å². The van der Waals surface area contributed by atoms with Gasteiger partial charge in [0.1, 0.15) is 12.3 Å². The molecule has 0 aliphatic rings. The van der Waals surface area contributed by atoms with Gasteiger partial charge in [-0.25, -0.2) is 4.79 Å². The number of hydrogen-bond acceptors (Lipinski definition) is 4. The number of amides is 1. The Hall–Kier alpha value is -3.35. The summed E-state index contributed by atoms with van der Waals surface area (Å²) >= 11 is 0. The van der Waals surface area contributed by atoms with Crippen LogP contribution in [-0.4, -0.2) is 22.6 Å². The number of carbonyl (C=O) groups is 1. The number of nitrogens with one attached hydrogen (secondary N) is 2. The maximum atomic E-state index is 12.5. The normalized spacial score (nSPS) is 11.9. The van der Waals surface area contributed by atoms with Gasteiger partial charge in [-0.1, -0.05) is 30.3 Å². The molecule has 0 fully saturated rings. The molecule has 0 saturated carbocycles. The van der Waals surface area contributed by atoms with E-state index in [9.17, 15) is 14.4 Å². The van der Waals surface area contributed by atoms with Crippen LogP contribution >= 0.6 is 0 Å². The number of carbonyl (C=O) groups excluding carboxylic acids is 1. The molecule has 0 aliphatic carbocycles. The SMILES string of the molecule is COc1ccccc1C(C)NC(=O)Cn1c(=O)[nH]c(=O)c2ccccc21. The number of H-pyrrole nitrogens is 1. The fraction of sp³-hybridized carbons (Fsp3) is 0.211. The fourth-order valence-corrected chi connectivity index (χ4v) is 2.93. The van der Waals surface area contributed by atoms with Crippen molar-refractivity contribution in [1.82, 2.24) is 14.9 Å². The van der Waals surface area contributed by atoms with E-state index in [0.717, 1.165) is 5.56 Å². The molecule has 0 aliphatic heterocycles. The largest absolute Gasteiger partial charge is 0.496 e. The summed E-state index contributed by atoms with van der Waals surface area (Å²) in [6.07, 6.45) is 0. The Morgan fingerprint density at radius 3 is 2.62 bits per heavy atom. The van der Waals surface area contributed by atoms with E-state index >= 15 is 0 Å². The van der Waals surface area contributed by atoms with E-state index in [4.69, 9.17) is 4.74 Å². The van der Waals surface area contributed by atoms with Crippen molar-refractivity contribution in [1.29, 1.82) is 0 Å². The van der Waals surface area contributed by atoms with Gasteiger partial charge >= 0.3 is 5.69 Å². The van der Waals surface area contributed by atoms with Crippen molar-refractivity contribution in [3.8, 4) is 5.75 Å². The second-order valence-electron chi connectivity index (χ2n) is 5.89. The predicted octanol–water partition coefficient (Wildman–Crippen LogP) is 1.58. The monoisotopic (exact) mass is 353 g/mol. The first-order valence-electron chi connectivity index (χ1n) is 8.15. The molecule has 3 rings (SSSR count). The summed E-state index contributed by atoms with van der Waals surface area (Å²) in [7, 11) is 1.57. The summed E-state index contributed by atoms with van der Waals surface area (Å²) in [6, 6.07) is 13.8. The van der Waals surface area contributed by atoms with Gasteiger partial charge in [-0.05, 0) is 25.1 Å². The Morgan fingerprint density at radius 2 is 1.85 bits per heavy atom. The summed E-state index contributed by atoms with van der Waals surface area (Å²) in [5.41, 5.74) is 0.168. The summed E-state index contributed by atoms with van der Waals surface area (Å²) in [6.45, 7) is 1.64. The zero-order valence-corrected chi connectivity index (χ0v) is 14.5. The molecule has 26 heavy (non-hydrogen) atoms. The standard InChI is InChI=1S/C19H19N3O4/c1-12(13-7-4-6-10-16(13)26-2)20-17(23)11-22-15-9-5-3-8-14(15)18(24)21-19(22)25/h3-10,12H,11H2,1-2H3,(H,20,23)(H,21,24,25). The Kier molecular flexibility index (Phi) is 4.88. The molecule has 2 N–H and O–H groups in total. The van der Waals surface area contributed by atoms with Crippen LogP contribution in [0.4, 0.5) is 0 Å². The molecule has 0 spiro atoms. The fourth-order valence-electron chi connectivity index (χ4n) is 2.93. The maximum Gasteiger partial charge on any atom is 0.329 e. The lowest BCUT2D eigenvalue weighted by Crippen LogP contribution is -2.37. The van der Waals surface area contributed by atoms with E-state index in [-0.39, 0.29) is 18.5 Å². The topological polar surface area (TPSA) is 93.2 Å². The lowest BCUT2D eigenvalue weighted by molar-refractivity contribution is -0.122. The van der Waals surface area contributed by atoms with Gasteiger partial charge in [0.2, 0.25) is 5.91 Å². The number of rotatable bonds is 5. The predicted molar refractivity (Wildman–Crippen MR) is 98.4 cm³/mol. The highest BCUT2D eigenvalue weighted by Gasteiger charge is 2.15. The van der Waals surface area contributed by atoms with Crippen LogP contribution < -0.4 is 21.3 Å². The Morgan fingerprint density at radius 1 is 1.15 bits per heavy atom. The molecule has 7 nitrogen and oxygen atoms in total. The molecule has 3 aromatic rings. The van der Waals surface area contributed by atoms with E-state index in [1.165, 1.54) is 4.57 Å². The molecule has 0 saturated heterocycles. The minimum Gasteiger partial charge on any atom is -0.496 e. The highest BCUT2D eigenvalue weighted by Crippen LogP contribution is 2.24. The van der Waals surface area contributed by atoms with Crippen LogP contribution in [0.25, 0.3) is 10.9 Å². The smallest absolute Gasteiger partial charge is 0.329 e. The second kappa shape index (κ2) is 7.26. The van der Waals surface area contributed by atoms with Gasteiger partial charge < -0.3 is 10.1 Å². The van der Waals surface area contributed by atoms with E-state index in [1.807, 2.05) is 31.2 Å². The summed E-state index contributed by atoms with van der Waals surface area (Å²) in [4.78, 5) is 38.8. The molecule has 1 atom stereocenters. The Balaban J connectivity index is 1.86. The van der Waals surface area contributed by atoms with Gasteiger partial charge in [0, 0.05) is 5.56 Å². The number of aromatic amines is 1. The highest BCUT2D eigenvalue weighted by molar-refractivity contribution is 5.81. The average molecular weight is 353 g/mol. The molecule has 0 radical (unpaired) electrons. The van der Waals surface area contributed by atoms with E-state index in [0.29, 0.717) is 16.7 Å². The van der Waals surface area contributed by atoms with Crippen molar-refractivity contribution in [2.45, 2.75) is 19.5 Å². The van der Waals surface area contributed by atoms with Crippen molar-refractivity contribution in [3.63, 3.8) is 0 Å². The van der Waals surface area contributed by atoms with Crippen molar-refractivity contribution < 1.29 is 9.53 Å². The van der Waals surface area contributed by atoms with Crippen LogP contribution in [0.2, 0.25) is 0 Å². The molecule has 134 valence electrons. The first kappa shape index (κ1) is 17.5. The minimum atomic E-state index is -0.617. The lowest BCUT2D eigenvalue weighted by atomic mass is 10.1. The quantitative estimate of drug-likeness (QED) is 0.728. The van der Waals surface area contributed by atoms with Gasteiger partial charge in [0.05, 0.1) is 24.1 Å². The number of aromatic nitrogens is 2. The zero-order valence-electron chi connectivity index (χ0n) is 14.5. The minimum absolute atomic E-state index is 0.199. The first-order valence-corrected chi connectivity index (χ1v) is 8.15. The van der Waals surface area contributed by atoms with Gasteiger partial charge in [0.15, 0.2) is 0 Å². The summed E-state index contributed by atoms with van der Waals surface area (Å²) < 4.78 is 6.56. The number of para-hydroxylation sites is 2. The van der Waals surface area contributed by atoms with E-state index in [1.54, 1.807) is 31.4 Å². The van der Waals surface area contributed by atoms with Crippen molar-refractivity contribution in [2.24, 2.45) is 0 Å². The number of ether oxygens (including phenoxy) is 1. The molecule has 2 aromatic carbocycles. The summed E-state index contributed by atoms with van der Waals surface area (Å²) in [5, 5.41) is 3.21. The third kappa shape index (κ3) is 3.37. The van der Waals surface area contributed by atoms with Crippen LogP contribution in [0.1, 0.15) is 18.5 Å². The van der Waals surface area contributed by atoms with Gasteiger partial charge in [-0.15, -0.1) is 0 Å². The Bertz CT molecular complexity index is 1070. The van der Waals surface area contributed by atoms with Crippen LogP contribution in [0.5, 0.6) is 5.75 Å². The van der Waals surface area contributed by atoms with Crippen LogP contribution in [0.15, 0.2) is 58.1 Å². The van der Waals surface area contributed by atoms with E-state index < -0.39 is 11.2 Å². The third-order valence-electron chi connectivity index (χ3n) is 4.19. The van der Waals surface area contributed by atoms with Crippen LogP contribution in [0, 0.1) is 0 Å².